The molecule has 1 aliphatic carbocycles. The van der Waals surface area contributed by atoms with Gasteiger partial charge in [0.15, 0.2) is 0 Å². The van der Waals surface area contributed by atoms with Crippen molar-refractivity contribution in [3.05, 3.63) is 95.6 Å². The quantitative estimate of drug-likeness (QED) is 0.696. The van der Waals surface area contributed by atoms with Crippen LogP contribution in [0.1, 0.15) is 43.2 Å². The largest absolute Gasteiger partial charge is 0.286 e. The van der Waals surface area contributed by atoms with Crippen molar-refractivity contribution in [3.8, 4) is 0 Å². The highest BCUT2D eigenvalue weighted by Crippen LogP contribution is 2.46. The molecule has 2 aromatic rings. The van der Waals surface area contributed by atoms with Crippen molar-refractivity contribution in [2.45, 2.75) is 37.6 Å². The fourth-order valence-electron chi connectivity index (χ4n) is 4.60. The molecule has 0 unspecified atom stereocenters. The summed E-state index contributed by atoms with van der Waals surface area (Å²) < 4.78 is 0. The molecule has 0 bridgehead atoms. The van der Waals surface area contributed by atoms with Crippen LogP contribution in [0, 0.1) is 0 Å². The molecule has 2 aromatic carbocycles. The molecule has 0 radical (unpaired) electrons. The number of hydrogen-bond donors (Lipinski definition) is 0. The number of nitrogens with zero attached hydrogens (tertiary/aromatic N) is 1. The number of likely N-dealkylation sites (tertiary alicyclic amines) is 1. The number of hydrogen-bond acceptors (Lipinski definition) is 1. The molecule has 0 spiro atoms. The van der Waals surface area contributed by atoms with Gasteiger partial charge < -0.3 is 0 Å². The Morgan fingerprint density at radius 3 is 1.84 bits per heavy atom. The van der Waals surface area contributed by atoms with Crippen LogP contribution in [-0.4, -0.2) is 18.0 Å². The first kappa shape index (κ1) is 16.4. The Labute approximate surface area is 151 Å². The molecule has 128 valence electrons. The molecule has 0 amide bonds. The molecule has 0 aromatic heterocycles. The smallest absolute Gasteiger partial charge is 0.0935 e. The van der Waals surface area contributed by atoms with E-state index in [1.807, 2.05) is 0 Å². The Bertz CT molecular complexity index is 697. The maximum absolute atomic E-state index is 2.74. The minimum Gasteiger partial charge on any atom is -0.286 e. The van der Waals surface area contributed by atoms with E-state index in [-0.39, 0.29) is 5.54 Å². The fraction of sp³-hybridized carbons (Fsp3) is 0.333. The molecule has 0 atom stereocenters. The normalized spacial score (nSPS) is 18.8. The van der Waals surface area contributed by atoms with E-state index in [1.165, 1.54) is 49.1 Å². The van der Waals surface area contributed by atoms with Crippen LogP contribution in [0.15, 0.2) is 84.5 Å². The first-order valence-electron chi connectivity index (χ1n) is 9.64. The minimum absolute atomic E-state index is 0.131. The van der Waals surface area contributed by atoms with Gasteiger partial charge in [-0.25, -0.2) is 0 Å². The molecular formula is C24H27N. The molecule has 1 heterocycles. The molecule has 0 saturated carbocycles. The van der Waals surface area contributed by atoms with Gasteiger partial charge in [-0.1, -0.05) is 85.3 Å². The van der Waals surface area contributed by atoms with E-state index in [1.54, 1.807) is 0 Å². The van der Waals surface area contributed by atoms with Crippen LogP contribution in [0.25, 0.3) is 0 Å². The van der Waals surface area contributed by atoms with E-state index in [2.05, 4.69) is 83.8 Å². The Morgan fingerprint density at radius 2 is 1.32 bits per heavy atom. The van der Waals surface area contributed by atoms with Gasteiger partial charge in [-0.2, -0.15) is 0 Å². The zero-order valence-corrected chi connectivity index (χ0v) is 14.9. The Hall–Kier alpha value is -2.12. The van der Waals surface area contributed by atoms with E-state index in [0.29, 0.717) is 0 Å². The summed E-state index contributed by atoms with van der Waals surface area (Å²) in [6.07, 6.45) is 13.1. The number of rotatable bonds is 4. The van der Waals surface area contributed by atoms with Crippen molar-refractivity contribution >= 4 is 0 Å². The van der Waals surface area contributed by atoms with Gasteiger partial charge in [0.05, 0.1) is 5.54 Å². The maximum Gasteiger partial charge on any atom is 0.0935 e. The molecule has 1 aliphatic heterocycles. The summed E-state index contributed by atoms with van der Waals surface area (Å²) in [5, 5.41) is 0. The average Bonchev–Trinajstić information content (AvgIpc) is 2.72. The summed E-state index contributed by atoms with van der Waals surface area (Å²) >= 11 is 0. The molecule has 1 heteroatoms. The zero-order chi connectivity index (χ0) is 17.0. The Kier molecular flexibility index (Phi) is 4.85. The van der Waals surface area contributed by atoms with Gasteiger partial charge in [-0.15, -0.1) is 0 Å². The third-order valence-electron chi connectivity index (χ3n) is 5.69. The second-order valence-electron chi connectivity index (χ2n) is 7.15. The summed E-state index contributed by atoms with van der Waals surface area (Å²) in [6, 6.07) is 22.3. The van der Waals surface area contributed by atoms with E-state index < -0.39 is 0 Å². The van der Waals surface area contributed by atoms with Crippen molar-refractivity contribution in [3.63, 3.8) is 0 Å². The standard InChI is InChI=1S/C24H27N/c1-5-13-21(14-6-1)24(22-15-7-2-8-16-22,23-17-9-3-10-18-23)25-19-11-4-12-20-25/h1-3,5-9,13-17H,4,10-12,18-20H2. The Balaban J connectivity index is 1.97. The predicted molar refractivity (Wildman–Crippen MR) is 106 cm³/mol. The predicted octanol–water partition coefficient (Wildman–Crippen LogP) is 5.69. The first-order valence-corrected chi connectivity index (χ1v) is 9.64. The second kappa shape index (κ2) is 7.41. The van der Waals surface area contributed by atoms with Gasteiger partial charge in [-0.05, 0) is 55.5 Å². The van der Waals surface area contributed by atoms with Crippen LogP contribution < -0.4 is 0 Å². The van der Waals surface area contributed by atoms with Crippen LogP contribution in [0.5, 0.6) is 0 Å². The lowest BCUT2D eigenvalue weighted by atomic mass is 9.72. The van der Waals surface area contributed by atoms with Crippen molar-refractivity contribution in [2.24, 2.45) is 0 Å². The molecule has 1 nitrogen and oxygen atoms in total. The highest BCUT2D eigenvalue weighted by molar-refractivity contribution is 5.49. The van der Waals surface area contributed by atoms with Gasteiger partial charge in [0.1, 0.15) is 0 Å². The summed E-state index contributed by atoms with van der Waals surface area (Å²) in [7, 11) is 0. The van der Waals surface area contributed by atoms with Crippen molar-refractivity contribution in [1.29, 1.82) is 0 Å². The number of allylic oxidation sites excluding steroid dienone is 3. The van der Waals surface area contributed by atoms with Crippen LogP contribution in [0.2, 0.25) is 0 Å². The lowest BCUT2D eigenvalue weighted by molar-refractivity contribution is 0.121. The minimum atomic E-state index is -0.131. The van der Waals surface area contributed by atoms with Gasteiger partial charge in [0, 0.05) is 0 Å². The summed E-state index contributed by atoms with van der Waals surface area (Å²) in [6.45, 7) is 2.34. The average molecular weight is 329 g/mol. The molecule has 25 heavy (non-hydrogen) atoms. The van der Waals surface area contributed by atoms with Gasteiger partial charge >= 0.3 is 0 Å². The third-order valence-corrected chi connectivity index (χ3v) is 5.69. The third kappa shape index (κ3) is 2.98. The van der Waals surface area contributed by atoms with E-state index in [4.69, 9.17) is 0 Å². The van der Waals surface area contributed by atoms with Crippen molar-refractivity contribution < 1.29 is 0 Å². The van der Waals surface area contributed by atoms with Gasteiger partial charge in [-0.3, -0.25) is 4.90 Å². The fourth-order valence-corrected chi connectivity index (χ4v) is 4.60. The van der Waals surface area contributed by atoms with E-state index >= 15 is 0 Å². The summed E-state index contributed by atoms with van der Waals surface area (Å²) in [5.74, 6) is 0. The van der Waals surface area contributed by atoms with E-state index in [9.17, 15) is 0 Å². The SMILES string of the molecule is C1=CCCC(C(c2ccccc2)(c2ccccc2)N2CCCCC2)=C1. The molecule has 2 aliphatic rings. The van der Waals surface area contributed by atoms with Crippen molar-refractivity contribution in [1.82, 2.24) is 4.90 Å². The van der Waals surface area contributed by atoms with Crippen LogP contribution in [0.3, 0.4) is 0 Å². The molecule has 4 rings (SSSR count). The lowest BCUT2D eigenvalue weighted by Gasteiger charge is -2.49. The molecule has 1 fully saturated rings. The highest BCUT2D eigenvalue weighted by Gasteiger charge is 2.43. The molecular weight excluding hydrogens is 302 g/mol. The number of benzene rings is 2. The second-order valence-corrected chi connectivity index (χ2v) is 7.15. The monoisotopic (exact) mass is 329 g/mol. The zero-order valence-electron chi connectivity index (χ0n) is 14.9. The topological polar surface area (TPSA) is 3.24 Å². The van der Waals surface area contributed by atoms with Crippen LogP contribution in [-0.2, 0) is 5.54 Å². The maximum atomic E-state index is 2.74. The van der Waals surface area contributed by atoms with Gasteiger partial charge in [0.2, 0.25) is 0 Å². The molecule has 0 N–H and O–H groups in total. The van der Waals surface area contributed by atoms with Crippen LogP contribution in [0.4, 0.5) is 0 Å². The number of piperidine rings is 1. The molecule has 1 saturated heterocycles. The summed E-state index contributed by atoms with van der Waals surface area (Å²) in [5.41, 5.74) is 4.22. The first-order chi connectivity index (χ1) is 12.4. The highest BCUT2D eigenvalue weighted by atomic mass is 15.2. The van der Waals surface area contributed by atoms with E-state index in [0.717, 1.165) is 12.8 Å². The van der Waals surface area contributed by atoms with Gasteiger partial charge in [0.25, 0.3) is 0 Å². The van der Waals surface area contributed by atoms with Crippen molar-refractivity contribution in [2.75, 3.05) is 13.1 Å². The Morgan fingerprint density at radius 1 is 0.720 bits per heavy atom. The van der Waals surface area contributed by atoms with Crippen LogP contribution >= 0.6 is 0 Å². The summed E-state index contributed by atoms with van der Waals surface area (Å²) in [4.78, 5) is 2.74. The lowest BCUT2D eigenvalue weighted by Crippen LogP contribution is -2.51.